The van der Waals surface area contributed by atoms with E-state index in [-0.39, 0.29) is 0 Å². The number of fused-ring (bicyclic) bond motifs is 1. The molecule has 104 valence electrons. The van der Waals surface area contributed by atoms with Crippen LogP contribution in [0.1, 0.15) is 51.6 Å². The van der Waals surface area contributed by atoms with Crippen molar-refractivity contribution in [1.82, 2.24) is 10.3 Å². The molecule has 2 atom stereocenters. The Bertz CT molecular complexity index is 506. The van der Waals surface area contributed by atoms with Crippen molar-refractivity contribution >= 4 is 21.6 Å². The van der Waals surface area contributed by atoms with E-state index in [1.165, 1.54) is 29.5 Å². The molecule has 19 heavy (non-hydrogen) atoms. The number of nitrogens with zero attached hydrogens (tertiary/aromatic N) is 1. The van der Waals surface area contributed by atoms with Crippen LogP contribution in [-0.2, 0) is 0 Å². The van der Waals surface area contributed by atoms with Crippen LogP contribution in [0, 0.1) is 5.92 Å². The van der Waals surface area contributed by atoms with Gasteiger partial charge in [0.2, 0.25) is 0 Å². The summed E-state index contributed by atoms with van der Waals surface area (Å²) in [6, 6.07) is 4.83. The molecule has 2 heterocycles. The van der Waals surface area contributed by atoms with Gasteiger partial charge >= 0.3 is 0 Å². The Morgan fingerprint density at radius 2 is 2.21 bits per heavy atom. The second-order valence-electron chi connectivity index (χ2n) is 5.31. The van der Waals surface area contributed by atoms with E-state index in [1.807, 2.05) is 6.20 Å². The minimum absolute atomic E-state index is 0.436. The number of thiophene rings is 1. The normalized spacial score (nSPS) is 14.7. The number of pyridine rings is 1. The maximum absolute atomic E-state index is 4.57. The fourth-order valence-electron chi connectivity index (χ4n) is 2.65. The first-order valence-corrected chi connectivity index (χ1v) is 8.19. The molecule has 0 aliphatic rings. The zero-order chi connectivity index (χ0) is 13.7. The highest BCUT2D eigenvalue weighted by atomic mass is 32.1. The third-order valence-electron chi connectivity index (χ3n) is 3.60. The molecule has 1 N–H and O–H groups in total. The summed E-state index contributed by atoms with van der Waals surface area (Å²) in [6.45, 7) is 7.80. The number of hydrogen-bond donors (Lipinski definition) is 1. The predicted molar refractivity (Wildman–Crippen MR) is 84.7 cm³/mol. The smallest absolute Gasteiger partial charge is 0.0809 e. The lowest BCUT2D eigenvalue weighted by molar-refractivity contribution is 0.395. The van der Waals surface area contributed by atoms with E-state index < -0.39 is 0 Å². The van der Waals surface area contributed by atoms with E-state index >= 15 is 0 Å². The Balaban J connectivity index is 2.16. The van der Waals surface area contributed by atoms with Crippen molar-refractivity contribution in [2.45, 2.75) is 46.1 Å². The van der Waals surface area contributed by atoms with E-state index in [0.717, 1.165) is 18.0 Å². The van der Waals surface area contributed by atoms with Gasteiger partial charge in [0, 0.05) is 12.2 Å². The molecule has 0 spiro atoms. The van der Waals surface area contributed by atoms with Crippen LogP contribution in [0.15, 0.2) is 23.7 Å². The molecular weight excluding hydrogens is 252 g/mol. The van der Waals surface area contributed by atoms with Crippen molar-refractivity contribution in [3.63, 3.8) is 0 Å². The average molecular weight is 276 g/mol. The molecule has 0 bridgehead atoms. The third kappa shape index (κ3) is 3.77. The van der Waals surface area contributed by atoms with Gasteiger partial charge in [0.25, 0.3) is 0 Å². The molecule has 0 fully saturated rings. The maximum Gasteiger partial charge on any atom is 0.0809 e. The Labute approximate surface area is 120 Å². The molecule has 2 aromatic rings. The van der Waals surface area contributed by atoms with E-state index in [2.05, 4.69) is 48.6 Å². The molecule has 0 aliphatic carbocycles. The molecule has 0 saturated heterocycles. The molecule has 0 aliphatic heterocycles. The van der Waals surface area contributed by atoms with Crippen LogP contribution >= 0.6 is 11.3 Å². The first-order valence-electron chi connectivity index (χ1n) is 7.31. The van der Waals surface area contributed by atoms with Gasteiger partial charge in [0.05, 0.1) is 10.2 Å². The van der Waals surface area contributed by atoms with Gasteiger partial charge in [0.15, 0.2) is 0 Å². The standard InChI is InChI=1S/C16H24N2S/c1-4-6-12(3)9-15(17-5-2)13-10-16-14(18-11-13)7-8-19-16/h7-8,10-12,15,17H,4-6,9H2,1-3H3. The highest BCUT2D eigenvalue weighted by molar-refractivity contribution is 7.17. The van der Waals surface area contributed by atoms with Crippen molar-refractivity contribution in [1.29, 1.82) is 0 Å². The Morgan fingerprint density at radius 1 is 1.37 bits per heavy atom. The van der Waals surface area contributed by atoms with Crippen LogP contribution in [-0.4, -0.2) is 11.5 Å². The lowest BCUT2D eigenvalue weighted by Gasteiger charge is -2.22. The first kappa shape index (κ1) is 14.5. The van der Waals surface area contributed by atoms with Gasteiger partial charge < -0.3 is 5.32 Å². The number of nitrogens with one attached hydrogen (secondary N) is 1. The van der Waals surface area contributed by atoms with Gasteiger partial charge in [-0.1, -0.05) is 33.6 Å². The number of rotatable bonds is 7. The van der Waals surface area contributed by atoms with E-state index in [1.54, 1.807) is 11.3 Å². The Morgan fingerprint density at radius 3 is 2.95 bits per heavy atom. The molecule has 2 rings (SSSR count). The van der Waals surface area contributed by atoms with Crippen LogP contribution in [0.3, 0.4) is 0 Å². The van der Waals surface area contributed by atoms with Crippen LogP contribution in [0.4, 0.5) is 0 Å². The fraction of sp³-hybridized carbons (Fsp3) is 0.562. The lowest BCUT2D eigenvalue weighted by atomic mass is 9.93. The SMILES string of the molecule is CCCC(C)CC(NCC)c1cnc2ccsc2c1. The number of aromatic nitrogens is 1. The molecule has 0 saturated carbocycles. The summed E-state index contributed by atoms with van der Waals surface area (Å²) in [4.78, 5) is 4.57. The first-order chi connectivity index (χ1) is 9.24. The van der Waals surface area contributed by atoms with Crippen LogP contribution in [0.25, 0.3) is 10.2 Å². The quantitative estimate of drug-likeness (QED) is 0.787. The average Bonchev–Trinajstić information content (AvgIpc) is 2.85. The van der Waals surface area contributed by atoms with Gasteiger partial charge in [-0.15, -0.1) is 11.3 Å². The van der Waals surface area contributed by atoms with Crippen molar-refractivity contribution < 1.29 is 0 Å². The minimum Gasteiger partial charge on any atom is -0.310 e. The minimum atomic E-state index is 0.436. The van der Waals surface area contributed by atoms with Gasteiger partial charge in [-0.25, -0.2) is 0 Å². The topological polar surface area (TPSA) is 24.9 Å². The second kappa shape index (κ2) is 7.01. The molecule has 2 nitrogen and oxygen atoms in total. The molecule has 0 amide bonds. The Hall–Kier alpha value is -0.930. The summed E-state index contributed by atoms with van der Waals surface area (Å²) in [5, 5.41) is 5.72. The third-order valence-corrected chi connectivity index (χ3v) is 4.45. The predicted octanol–water partition coefficient (Wildman–Crippen LogP) is 4.77. The van der Waals surface area contributed by atoms with Gasteiger partial charge in [0.1, 0.15) is 0 Å². The zero-order valence-electron chi connectivity index (χ0n) is 12.1. The van der Waals surface area contributed by atoms with E-state index in [4.69, 9.17) is 0 Å². The summed E-state index contributed by atoms with van der Waals surface area (Å²) >= 11 is 1.78. The fourth-order valence-corrected chi connectivity index (χ4v) is 3.44. The van der Waals surface area contributed by atoms with Crippen molar-refractivity contribution in [3.05, 3.63) is 29.3 Å². The summed E-state index contributed by atoms with van der Waals surface area (Å²) in [6.07, 6.45) is 5.81. The van der Waals surface area contributed by atoms with Gasteiger partial charge in [-0.05, 0) is 42.0 Å². The largest absolute Gasteiger partial charge is 0.310 e. The monoisotopic (exact) mass is 276 g/mol. The van der Waals surface area contributed by atoms with Gasteiger partial charge in [-0.2, -0.15) is 0 Å². The van der Waals surface area contributed by atoms with Crippen LogP contribution in [0.2, 0.25) is 0 Å². The molecule has 2 aromatic heterocycles. The maximum atomic E-state index is 4.57. The van der Waals surface area contributed by atoms with Crippen molar-refractivity contribution in [2.24, 2.45) is 5.92 Å². The highest BCUT2D eigenvalue weighted by Gasteiger charge is 2.15. The van der Waals surface area contributed by atoms with Crippen molar-refractivity contribution in [2.75, 3.05) is 6.54 Å². The molecular formula is C16H24N2S. The van der Waals surface area contributed by atoms with Gasteiger partial charge in [-0.3, -0.25) is 4.98 Å². The van der Waals surface area contributed by atoms with Crippen molar-refractivity contribution in [3.8, 4) is 0 Å². The molecule has 0 aromatic carbocycles. The summed E-state index contributed by atoms with van der Waals surface area (Å²) in [5.74, 6) is 0.757. The molecule has 2 unspecified atom stereocenters. The lowest BCUT2D eigenvalue weighted by Crippen LogP contribution is -2.23. The Kier molecular flexibility index (Phi) is 5.34. The van der Waals surface area contributed by atoms with E-state index in [9.17, 15) is 0 Å². The van der Waals surface area contributed by atoms with Crippen LogP contribution < -0.4 is 5.32 Å². The summed E-state index contributed by atoms with van der Waals surface area (Å²) in [5.41, 5.74) is 2.45. The molecule has 3 heteroatoms. The highest BCUT2D eigenvalue weighted by Crippen LogP contribution is 2.27. The number of hydrogen-bond acceptors (Lipinski definition) is 3. The van der Waals surface area contributed by atoms with Crippen LogP contribution in [0.5, 0.6) is 0 Å². The second-order valence-corrected chi connectivity index (χ2v) is 6.26. The summed E-state index contributed by atoms with van der Waals surface area (Å²) < 4.78 is 1.29. The summed E-state index contributed by atoms with van der Waals surface area (Å²) in [7, 11) is 0. The zero-order valence-corrected chi connectivity index (χ0v) is 13.0. The van der Waals surface area contributed by atoms with E-state index in [0.29, 0.717) is 6.04 Å². The molecule has 0 radical (unpaired) electrons.